The summed E-state index contributed by atoms with van der Waals surface area (Å²) >= 11 is 0. The van der Waals surface area contributed by atoms with Crippen LogP contribution in [0.2, 0.25) is 0 Å². The Hall–Kier alpha value is -1.24. The molecule has 0 spiro atoms. The quantitative estimate of drug-likeness (QED) is 0.671. The Morgan fingerprint density at radius 3 is 2.65 bits per heavy atom. The lowest BCUT2D eigenvalue weighted by atomic mass is 10.0. The zero-order valence-corrected chi connectivity index (χ0v) is 8.94. The van der Waals surface area contributed by atoms with Gasteiger partial charge in [-0.2, -0.15) is 0 Å². The predicted molar refractivity (Wildman–Crippen MR) is 56.1 cm³/mol. The van der Waals surface area contributed by atoms with E-state index in [0.29, 0.717) is 0 Å². The van der Waals surface area contributed by atoms with Crippen molar-refractivity contribution in [1.82, 2.24) is 0 Å². The Bertz CT molecular complexity index is 427. The van der Waals surface area contributed by atoms with Crippen LogP contribution < -0.4 is 5.73 Å². The summed E-state index contributed by atoms with van der Waals surface area (Å²) in [4.78, 5) is 0. The van der Waals surface area contributed by atoms with Crippen molar-refractivity contribution in [3.05, 3.63) is 29.3 Å². The molecule has 17 heavy (non-hydrogen) atoms. The van der Waals surface area contributed by atoms with Crippen molar-refractivity contribution >= 4 is 5.69 Å². The number of hydrogen-bond donors (Lipinski definition) is 3. The number of ether oxygens (including phenoxy) is 1. The Labute approximate surface area is 96.6 Å². The minimum Gasteiger partial charge on any atom is -0.396 e. The molecule has 4 N–H and O–H groups in total. The summed E-state index contributed by atoms with van der Waals surface area (Å²) in [6.07, 6.45) is -2.30. The van der Waals surface area contributed by atoms with Gasteiger partial charge in [-0.15, -0.1) is 0 Å². The number of hydrogen-bond acceptors (Lipinski definition) is 4. The lowest BCUT2D eigenvalue weighted by molar-refractivity contribution is -0.0234. The highest BCUT2D eigenvalue weighted by Gasteiger charge is 2.35. The van der Waals surface area contributed by atoms with Crippen LogP contribution in [0.1, 0.15) is 18.1 Å². The predicted octanol–water partition coefficient (Wildman–Crippen LogP) is 0.730. The van der Waals surface area contributed by atoms with Gasteiger partial charge in [0.2, 0.25) is 0 Å². The Morgan fingerprint density at radius 1 is 1.35 bits per heavy atom. The van der Waals surface area contributed by atoms with Gasteiger partial charge in [0.15, 0.2) is 0 Å². The summed E-state index contributed by atoms with van der Waals surface area (Å²) in [5.41, 5.74) is 4.96. The first-order valence-electron chi connectivity index (χ1n) is 5.21. The molecule has 0 saturated carbocycles. The van der Waals surface area contributed by atoms with Crippen molar-refractivity contribution in [1.29, 1.82) is 0 Å². The van der Waals surface area contributed by atoms with E-state index in [9.17, 15) is 13.9 Å². The normalized spacial score (nSPS) is 28.6. The first-order chi connectivity index (χ1) is 8.02. The maximum atomic E-state index is 13.6. The molecule has 4 nitrogen and oxygen atoms in total. The van der Waals surface area contributed by atoms with Gasteiger partial charge in [-0.3, -0.25) is 0 Å². The second-order valence-corrected chi connectivity index (χ2v) is 4.04. The molecule has 1 aromatic rings. The van der Waals surface area contributed by atoms with Crippen LogP contribution >= 0.6 is 0 Å². The molecule has 1 fully saturated rings. The minimum atomic E-state index is -0.884. The fourth-order valence-electron chi connectivity index (χ4n) is 1.92. The number of aliphatic hydroxyl groups is 2. The lowest BCUT2D eigenvalue weighted by Crippen LogP contribution is -2.24. The van der Waals surface area contributed by atoms with Crippen molar-refractivity contribution in [2.75, 3.05) is 12.3 Å². The average molecular weight is 245 g/mol. The molecule has 1 aliphatic rings. The van der Waals surface area contributed by atoms with Gasteiger partial charge >= 0.3 is 0 Å². The van der Waals surface area contributed by atoms with E-state index in [4.69, 9.17) is 15.6 Å². The summed E-state index contributed by atoms with van der Waals surface area (Å²) in [7, 11) is 0. The fourth-order valence-corrected chi connectivity index (χ4v) is 1.92. The van der Waals surface area contributed by atoms with Crippen molar-refractivity contribution in [3.8, 4) is 0 Å². The van der Waals surface area contributed by atoms with Crippen LogP contribution in [0.5, 0.6) is 0 Å². The van der Waals surface area contributed by atoms with Gasteiger partial charge in [-0.05, 0) is 6.07 Å². The Balaban J connectivity index is 2.27. The molecule has 1 aromatic carbocycles. The molecular weight excluding hydrogens is 232 g/mol. The number of benzene rings is 1. The molecule has 0 radical (unpaired) electrons. The third kappa shape index (κ3) is 2.24. The smallest absolute Gasteiger partial charge is 0.146 e. The van der Waals surface area contributed by atoms with Crippen LogP contribution in [-0.2, 0) is 4.74 Å². The molecule has 0 bridgehead atoms. The van der Waals surface area contributed by atoms with Gasteiger partial charge in [0.25, 0.3) is 0 Å². The maximum Gasteiger partial charge on any atom is 0.146 e. The molecule has 0 unspecified atom stereocenters. The molecule has 0 aliphatic carbocycles. The van der Waals surface area contributed by atoms with E-state index in [1.807, 2.05) is 0 Å². The summed E-state index contributed by atoms with van der Waals surface area (Å²) in [6, 6.07) is 1.84. The summed E-state index contributed by atoms with van der Waals surface area (Å²) < 4.78 is 32.0. The van der Waals surface area contributed by atoms with E-state index in [1.54, 1.807) is 0 Å². The number of halogens is 2. The molecule has 1 saturated heterocycles. The third-order valence-corrected chi connectivity index (χ3v) is 2.87. The third-order valence-electron chi connectivity index (χ3n) is 2.87. The van der Waals surface area contributed by atoms with Gasteiger partial charge < -0.3 is 20.7 Å². The first-order valence-corrected chi connectivity index (χ1v) is 5.21. The van der Waals surface area contributed by atoms with Crippen LogP contribution in [0.4, 0.5) is 14.5 Å². The standard InChI is InChI=1S/C11H13F2NO3/c12-6-2-8(14)7(13)1-5(6)10-3-9(16)11(4-15)17-10/h1-2,9-11,15-16H,3-4,14H2/t9-,10+,11+/m0/s1. The van der Waals surface area contributed by atoms with Gasteiger partial charge in [0.1, 0.15) is 17.7 Å². The number of nitrogen functional groups attached to an aromatic ring is 1. The van der Waals surface area contributed by atoms with Crippen molar-refractivity contribution in [2.45, 2.75) is 24.7 Å². The highest BCUT2D eigenvalue weighted by molar-refractivity contribution is 5.43. The summed E-state index contributed by atoms with van der Waals surface area (Å²) in [5, 5.41) is 18.4. The average Bonchev–Trinajstić information content (AvgIpc) is 2.65. The molecule has 2 rings (SSSR count). The molecule has 1 aliphatic heterocycles. The van der Waals surface area contributed by atoms with E-state index in [2.05, 4.69) is 0 Å². The van der Waals surface area contributed by atoms with Crippen molar-refractivity contribution < 1.29 is 23.7 Å². The zero-order valence-electron chi connectivity index (χ0n) is 8.94. The van der Waals surface area contributed by atoms with Crippen molar-refractivity contribution in [3.63, 3.8) is 0 Å². The van der Waals surface area contributed by atoms with E-state index in [-0.39, 0.29) is 24.3 Å². The largest absolute Gasteiger partial charge is 0.396 e. The van der Waals surface area contributed by atoms with E-state index < -0.39 is 29.9 Å². The maximum absolute atomic E-state index is 13.6. The van der Waals surface area contributed by atoms with Gasteiger partial charge in [-0.25, -0.2) is 8.78 Å². The number of anilines is 1. The monoisotopic (exact) mass is 245 g/mol. The van der Waals surface area contributed by atoms with Gasteiger partial charge in [0, 0.05) is 18.1 Å². The van der Waals surface area contributed by atoms with Crippen LogP contribution in [0.3, 0.4) is 0 Å². The number of rotatable bonds is 2. The lowest BCUT2D eigenvalue weighted by Gasteiger charge is -2.13. The SMILES string of the molecule is Nc1cc(F)c([C@H]2C[C@H](O)[C@@H](CO)O2)cc1F. The van der Waals surface area contributed by atoms with Crippen LogP contribution in [-0.4, -0.2) is 29.0 Å². The Kier molecular flexibility index (Phi) is 3.28. The second-order valence-electron chi connectivity index (χ2n) is 4.04. The molecule has 6 heteroatoms. The molecule has 3 atom stereocenters. The summed E-state index contributed by atoms with van der Waals surface area (Å²) in [5.74, 6) is -1.41. The van der Waals surface area contributed by atoms with E-state index >= 15 is 0 Å². The molecule has 1 heterocycles. The second kappa shape index (κ2) is 4.56. The summed E-state index contributed by atoms with van der Waals surface area (Å²) in [6.45, 7) is -0.364. The van der Waals surface area contributed by atoms with E-state index in [1.165, 1.54) is 0 Å². The topological polar surface area (TPSA) is 75.7 Å². The Morgan fingerprint density at radius 2 is 2.06 bits per heavy atom. The van der Waals surface area contributed by atoms with Crippen molar-refractivity contribution in [2.24, 2.45) is 0 Å². The van der Waals surface area contributed by atoms with Gasteiger partial charge in [0.05, 0.1) is 24.5 Å². The minimum absolute atomic E-state index is 0.00620. The van der Waals surface area contributed by atoms with Crippen LogP contribution in [0, 0.1) is 11.6 Å². The van der Waals surface area contributed by atoms with Crippen LogP contribution in [0.15, 0.2) is 12.1 Å². The molecular formula is C11H13F2NO3. The highest BCUT2D eigenvalue weighted by atomic mass is 19.1. The van der Waals surface area contributed by atoms with Gasteiger partial charge in [-0.1, -0.05) is 0 Å². The highest BCUT2D eigenvalue weighted by Crippen LogP contribution is 2.35. The molecule has 94 valence electrons. The molecule has 0 aromatic heterocycles. The molecule has 0 amide bonds. The van der Waals surface area contributed by atoms with Crippen LogP contribution in [0.25, 0.3) is 0 Å². The fraction of sp³-hybridized carbons (Fsp3) is 0.455. The zero-order chi connectivity index (χ0) is 12.6. The van der Waals surface area contributed by atoms with E-state index in [0.717, 1.165) is 12.1 Å². The number of nitrogens with two attached hydrogens (primary N) is 1. The number of aliphatic hydroxyl groups excluding tert-OH is 2. The first kappa shape index (κ1) is 12.2.